The molecule has 3 nitrogen and oxygen atoms in total. The van der Waals surface area contributed by atoms with Crippen LogP contribution in [-0.2, 0) is 4.79 Å². The van der Waals surface area contributed by atoms with Gasteiger partial charge in [-0.1, -0.05) is 43.5 Å². The van der Waals surface area contributed by atoms with Gasteiger partial charge in [-0.05, 0) is 43.4 Å². The van der Waals surface area contributed by atoms with Crippen molar-refractivity contribution in [2.75, 3.05) is 0 Å². The van der Waals surface area contributed by atoms with Gasteiger partial charge in [0, 0.05) is 5.02 Å². The summed E-state index contributed by atoms with van der Waals surface area (Å²) in [6, 6.07) is 7.47. The minimum absolute atomic E-state index is 0.0356. The first-order chi connectivity index (χ1) is 9.40. The van der Waals surface area contributed by atoms with Crippen LogP contribution in [0.15, 0.2) is 24.3 Å². The number of carbonyl (C=O) groups excluding carboxylic acids is 1. The molecule has 1 aliphatic carbocycles. The molecule has 1 aromatic rings. The smallest absolute Gasteiger partial charge is 0.240 e. The molecule has 4 heteroatoms. The Bertz CT molecular complexity index is 474. The minimum atomic E-state index is -0.710. The van der Waals surface area contributed by atoms with Crippen LogP contribution in [0.1, 0.15) is 51.1 Å². The van der Waals surface area contributed by atoms with Gasteiger partial charge in [-0.3, -0.25) is 4.79 Å². The Morgan fingerprint density at radius 1 is 1.45 bits per heavy atom. The molecule has 0 aromatic heterocycles. The Labute approximate surface area is 125 Å². The van der Waals surface area contributed by atoms with Crippen molar-refractivity contribution < 1.29 is 4.79 Å². The van der Waals surface area contributed by atoms with Crippen molar-refractivity contribution in [2.45, 2.75) is 51.1 Å². The average Bonchev–Trinajstić information content (AvgIpc) is 2.39. The Balaban J connectivity index is 2.01. The molecule has 1 amide bonds. The zero-order valence-corrected chi connectivity index (χ0v) is 12.9. The highest BCUT2D eigenvalue weighted by Gasteiger charge is 2.38. The molecule has 1 saturated carbocycles. The van der Waals surface area contributed by atoms with Gasteiger partial charge in [0.1, 0.15) is 0 Å². The number of amides is 1. The first-order valence-electron chi connectivity index (χ1n) is 7.26. The lowest BCUT2D eigenvalue weighted by Gasteiger charge is -2.36. The van der Waals surface area contributed by atoms with Crippen LogP contribution in [-0.4, -0.2) is 11.4 Å². The van der Waals surface area contributed by atoms with Crippen LogP contribution in [0, 0.1) is 5.92 Å². The van der Waals surface area contributed by atoms with Crippen molar-refractivity contribution in [1.29, 1.82) is 0 Å². The molecule has 0 bridgehead atoms. The van der Waals surface area contributed by atoms with Gasteiger partial charge < -0.3 is 11.1 Å². The first kappa shape index (κ1) is 15.3. The number of hydrogen-bond donors (Lipinski definition) is 2. The lowest BCUT2D eigenvalue weighted by atomic mass is 9.76. The maximum absolute atomic E-state index is 12.5. The second-order valence-corrected chi connectivity index (χ2v) is 6.54. The summed E-state index contributed by atoms with van der Waals surface area (Å²) in [5.74, 6) is 0.483. The first-order valence-corrected chi connectivity index (χ1v) is 7.64. The maximum atomic E-state index is 12.5. The van der Waals surface area contributed by atoms with Crippen molar-refractivity contribution in [2.24, 2.45) is 11.7 Å². The fourth-order valence-electron chi connectivity index (χ4n) is 2.97. The molecule has 0 saturated heterocycles. The maximum Gasteiger partial charge on any atom is 0.240 e. The van der Waals surface area contributed by atoms with Crippen molar-refractivity contribution in [1.82, 2.24) is 5.32 Å². The molecular weight excluding hydrogens is 272 g/mol. The molecule has 3 atom stereocenters. The topological polar surface area (TPSA) is 55.1 Å². The van der Waals surface area contributed by atoms with Crippen LogP contribution >= 0.6 is 11.6 Å². The molecule has 0 spiro atoms. The summed E-state index contributed by atoms with van der Waals surface area (Å²) in [6.07, 6.45) is 3.74. The van der Waals surface area contributed by atoms with E-state index in [-0.39, 0.29) is 11.9 Å². The molecular formula is C16H23ClN2O. The fourth-order valence-corrected chi connectivity index (χ4v) is 3.10. The molecule has 1 aliphatic rings. The Morgan fingerprint density at radius 2 is 2.10 bits per heavy atom. The van der Waals surface area contributed by atoms with Crippen molar-refractivity contribution in [3.8, 4) is 0 Å². The summed E-state index contributed by atoms with van der Waals surface area (Å²) in [6.45, 7) is 4.13. The van der Waals surface area contributed by atoms with Crippen LogP contribution in [0.3, 0.4) is 0 Å². The quantitative estimate of drug-likeness (QED) is 0.897. The lowest BCUT2D eigenvalue weighted by Crippen LogP contribution is -2.56. The van der Waals surface area contributed by atoms with E-state index in [1.807, 2.05) is 31.2 Å². The van der Waals surface area contributed by atoms with Gasteiger partial charge in [0.05, 0.1) is 11.6 Å². The molecule has 20 heavy (non-hydrogen) atoms. The lowest BCUT2D eigenvalue weighted by molar-refractivity contribution is -0.128. The highest BCUT2D eigenvalue weighted by Crippen LogP contribution is 2.31. The zero-order chi connectivity index (χ0) is 14.8. The van der Waals surface area contributed by atoms with E-state index in [1.165, 1.54) is 6.42 Å². The van der Waals surface area contributed by atoms with Crippen molar-refractivity contribution >= 4 is 17.5 Å². The summed E-state index contributed by atoms with van der Waals surface area (Å²) in [5.41, 5.74) is 6.64. The van der Waals surface area contributed by atoms with Crippen LogP contribution in [0.2, 0.25) is 5.02 Å². The second-order valence-electron chi connectivity index (χ2n) is 6.10. The average molecular weight is 295 g/mol. The van der Waals surface area contributed by atoms with E-state index in [1.54, 1.807) is 0 Å². The number of carbonyl (C=O) groups is 1. The van der Waals surface area contributed by atoms with Gasteiger partial charge in [-0.2, -0.15) is 0 Å². The molecule has 0 heterocycles. The summed E-state index contributed by atoms with van der Waals surface area (Å²) in [4.78, 5) is 12.5. The monoisotopic (exact) mass is 294 g/mol. The van der Waals surface area contributed by atoms with Gasteiger partial charge in [0.2, 0.25) is 5.91 Å². The Morgan fingerprint density at radius 3 is 2.70 bits per heavy atom. The van der Waals surface area contributed by atoms with Gasteiger partial charge in [0.15, 0.2) is 0 Å². The standard InChI is InChI=1S/C16H23ClN2O/c1-11-4-3-9-16(18,10-11)15(20)19-12(2)13-5-7-14(17)8-6-13/h5-8,11-12H,3-4,9-10,18H2,1-2H3,(H,19,20). The zero-order valence-electron chi connectivity index (χ0n) is 12.2. The Hall–Kier alpha value is -1.06. The van der Waals surface area contributed by atoms with E-state index in [0.29, 0.717) is 10.9 Å². The van der Waals surface area contributed by atoms with Gasteiger partial charge in [0.25, 0.3) is 0 Å². The number of nitrogens with two attached hydrogens (primary N) is 1. The summed E-state index contributed by atoms with van der Waals surface area (Å²) in [5, 5.41) is 3.74. The number of halogens is 1. The second kappa shape index (κ2) is 6.15. The number of hydrogen-bond acceptors (Lipinski definition) is 2. The van der Waals surface area contributed by atoms with Crippen LogP contribution in [0.5, 0.6) is 0 Å². The largest absolute Gasteiger partial charge is 0.348 e. The molecule has 0 aliphatic heterocycles. The normalized spacial score (nSPS) is 27.9. The van der Waals surface area contributed by atoms with E-state index >= 15 is 0 Å². The van der Waals surface area contributed by atoms with Crippen LogP contribution in [0.4, 0.5) is 0 Å². The van der Waals surface area contributed by atoms with E-state index < -0.39 is 5.54 Å². The summed E-state index contributed by atoms with van der Waals surface area (Å²) < 4.78 is 0. The van der Waals surface area contributed by atoms with E-state index in [9.17, 15) is 4.79 Å². The van der Waals surface area contributed by atoms with Crippen LogP contribution < -0.4 is 11.1 Å². The molecule has 3 unspecified atom stereocenters. The third-order valence-electron chi connectivity index (χ3n) is 4.20. The molecule has 0 radical (unpaired) electrons. The Kier molecular flexibility index (Phi) is 4.71. The number of nitrogens with one attached hydrogen (secondary N) is 1. The van der Waals surface area contributed by atoms with Gasteiger partial charge >= 0.3 is 0 Å². The molecule has 2 rings (SSSR count). The minimum Gasteiger partial charge on any atom is -0.348 e. The SMILES string of the molecule is CC1CCCC(N)(C(=O)NC(C)c2ccc(Cl)cc2)C1. The number of rotatable bonds is 3. The highest BCUT2D eigenvalue weighted by molar-refractivity contribution is 6.30. The molecule has 1 fully saturated rings. The molecule has 3 N–H and O–H groups in total. The predicted molar refractivity (Wildman–Crippen MR) is 82.6 cm³/mol. The predicted octanol–water partition coefficient (Wildman–Crippen LogP) is 3.42. The van der Waals surface area contributed by atoms with E-state index in [2.05, 4.69) is 12.2 Å². The van der Waals surface area contributed by atoms with E-state index in [4.69, 9.17) is 17.3 Å². The van der Waals surface area contributed by atoms with Crippen molar-refractivity contribution in [3.63, 3.8) is 0 Å². The van der Waals surface area contributed by atoms with Crippen LogP contribution in [0.25, 0.3) is 0 Å². The van der Waals surface area contributed by atoms with Gasteiger partial charge in [-0.15, -0.1) is 0 Å². The van der Waals surface area contributed by atoms with Crippen molar-refractivity contribution in [3.05, 3.63) is 34.9 Å². The van der Waals surface area contributed by atoms with E-state index in [0.717, 1.165) is 24.8 Å². The summed E-state index contributed by atoms with van der Waals surface area (Å²) >= 11 is 5.87. The number of benzene rings is 1. The fraction of sp³-hybridized carbons (Fsp3) is 0.562. The highest BCUT2D eigenvalue weighted by atomic mass is 35.5. The summed E-state index contributed by atoms with van der Waals surface area (Å²) in [7, 11) is 0. The third kappa shape index (κ3) is 3.53. The third-order valence-corrected chi connectivity index (χ3v) is 4.45. The van der Waals surface area contributed by atoms with Gasteiger partial charge in [-0.25, -0.2) is 0 Å². The molecule has 110 valence electrons. The molecule has 1 aromatic carbocycles.